The molecule has 1 heterocycles. The monoisotopic (exact) mass is 284 g/mol. The van der Waals surface area contributed by atoms with Crippen LogP contribution >= 0.6 is 0 Å². The molecule has 4 heteroatoms. The smallest absolute Gasteiger partial charge is 0.285 e. The number of rotatable bonds is 1. The molecular formula is C4H6NO2W-. The van der Waals surface area contributed by atoms with E-state index < -0.39 is 5.97 Å². The van der Waals surface area contributed by atoms with Gasteiger partial charge >= 0.3 is 0 Å². The average molecular weight is 284 g/mol. The maximum atomic E-state index is 9.89. The van der Waals surface area contributed by atoms with Crippen molar-refractivity contribution in [3.8, 4) is 0 Å². The fourth-order valence-electron chi connectivity index (χ4n) is 0.460. The van der Waals surface area contributed by atoms with E-state index >= 15 is 0 Å². The second-order valence-corrected chi connectivity index (χ2v) is 1.55. The Hall–Kier alpha value is 0.118. The molecule has 1 N–H and O–H groups in total. The largest absolute Gasteiger partial charge is 0.650 e. The molecule has 46 valence electrons. The van der Waals surface area contributed by atoms with Gasteiger partial charge in [-0.25, -0.2) is 0 Å². The van der Waals surface area contributed by atoms with Gasteiger partial charge in [-0.2, -0.15) is 0 Å². The van der Waals surface area contributed by atoms with Gasteiger partial charge in [0, 0.05) is 21.1 Å². The maximum Gasteiger partial charge on any atom is 0.285 e. The molecule has 0 bridgehead atoms. The van der Waals surface area contributed by atoms with Gasteiger partial charge in [-0.15, -0.1) is 6.54 Å². The fourth-order valence-corrected chi connectivity index (χ4v) is 0.460. The van der Waals surface area contributed by atoms with Crippen LogP contribution in [0.5, 0.6) is 0 Å². The molecule has 0 saturated carbocycles. The minimum atomic E-state index is -0.786. The van der Waals surface area contributed by atoms with Gasteiger partial charge in [-0.3, -0.25) is 4.79 Å². The van der Waals surface area contributed by atoms with Crippen LogP contribution < -0.4 is 0 Å². The Kier molecular flexibility index (Phi) is 3.25. The molecule has 0 aromatic rings. The fraction of sp³-hybridized carbons (Fsp3) is 0.750. The molecule has 0 spiro atoms. The number of nitrogens with zero attached hydrogens (tertiary/aromatic N) is 1. The Labute approximate surface area is 61.7 Å². The van der Waals surface area contributed by atoms with Crippen LogP contribution in [-0.4, -0.2) is 23.7 Å². The molecule has 1 atom stereocenters. The van der Waals surface area contributed by atoms with Crippen LogP contribution in [0, 0.1) is 0 Å². The number of hydrogen-bond donors (Lipinski definition) is 1. The molecule has 0 amide bonds. The first-order chi connectivity index (χ1) is 3.30. The SMILES string of the molecule is O=C(O)C1CC[N-]1.[W]. The van der Waals surface area contributed by atoms with E-state index in [-0.39, 0.29) is 27.1 Å². The predicted molar refractivity (Wildman–Crippen MR) is 24.3 cm³/mol. The normalized spacial score (nSPS) is 25.2. The van der Waals surface area contributed by atoms with E-state index in [2.05, 4.69) is 5.32 Å². The predicted octanol–water partition coefficient (Wildman–Crippen LogP) is 0.215. The van der Waals surface area contributed by atoms with Crippen molar-refractivity contribution in [1.82, 2.24) is 0 Å². The summed E-state index contributed by atoms with van der Waals surface area (Å²) in [4.78, 5) is 9.89. The molecule has 1 aliphatic rings. The second kappa shape index (κ2) is 3.20. The van der Waals surface area contributed by atoms with Gasteiger partial charge in [0.05, 0.1) is 0 Å². The van der Waals surface area contributed by atoms with Crippen LogP contribution in [0.15, 0.2) is 0 Å². The third kappa shape index (κ3) is 1.57. The van der Waals surface area contributed by atoms with E-state index in [0.717, 1.165) is 13.0 Å². The van der Waals surface area contributed by atoms with Crippen LogP contribution in [0.1, 0.15) is 6.42 Å². The molecule has 0 aromatic carbocycles. The van der Waals surface area contributed by atoms with Crippen LogP contribution in [0.3, 0.4) is 0 Å². The minimum absolute atomic E-state index is 0. The van der Waals surface area contributed by atoms with E-state index in [1.54, 1.807) is 0 Å². The first-order valence-electron chi connectivity index (χ1n) is 2.20. The molecule has 1 aliphatic heterocycles. The van der Waals surface area contributed by atoms with E-state index in [0.29, 0.717) is 0 Å². The standard InChI is InChI=1S/C4H6NO2.W/c6-4(7)3-1-2-5-3;/h3H,1-2H2,(H,6,7);/q-1;. The summed E-state index contributed by atoms with van der Waals surface area (Å²) >= 11 is 0. The summed E-state index contributed by atoms with van der Waals surface area (Å²) in [5, 5.41) is 11.8. The van der Waals surface area contributed by atoms with Crippen molar-refractivity contribution < 1.29 is 31.0 Å². The summed E-state index contributed by atoms with van der Waals surface area (Å²) < 4.78 is 0. The number of carboxylic acids is 1. The van der Waals surface area contributed by atoms with Gasteiger partial charge in [-0.05, 0) is 6.04 Å². The van der Waals surface area contributed by atoms with E-state index in [1.165, 1.54) is 0 Å². The summed E-state index contributed by atoms with van der Waals surface area (Å²) in [6.45, 7) is 0.733. The van der Waals surface area contributed by atoms with Crippen molar-refractivity contribution in [2.45, 2.75) is 12.5 Å². The van der Waals surface area contributed by atoms with Crippen molar-refractivity contribution in [2.75, 3.05) is 6.54 Å². The Bertz CT molecular complexity index is 92.0. The topological polar surface area (TPSA) is 51.4 Å². The van der Waals surface area contributed by atoms with E-state index in [9.17, 15) is 4.79 Å². The molecule has 3 nitrogen and oxygen atoms in total. The van der Waals surface area contributed by atoms with Crippen molar-refractivity contribution >= 4 is 5.97 Å². The quantitative estimate of drug-likeness (QED) is 0.748. The Balaban J connectivity index is 0.000000490. The van der Waals surface area contributed by atoms with Gasteiger partial charge in [0.2, 0.25) is 0 Å². The molecule has 0 aliphatic carbocycles. The van der Waals surface area contributed by atoms with Gasteiger partial charge in [0.1, 0.15) is 0 Å². The van der Waals surface area contributed by atoms with Crippen molar-refractivity contribution in [3.05, 3.63) is 5.32 Å². The molecule has 1 fully saturated rings. The summed E-state index contributed by atoms with van der Waals surface area (Å²) in [5.74, 6) is -0.786. The first-order valence-corrected chi connectivity index (χ1v) is 2.20. The van der Waals surface area contributed by atoms with Crippen LogP contribution in [-0.2, 0) is 25.9 Å². The molecular weight excluding hydrogens is 278 g/mol. The summed E-state index contributed by atoms with van der Waals surface area (Å²) in [5.41, 5.74) is 0. The third-order valence-corrected chi connectivity index (χ3v) is 1.04. The minimum Gasteiger partial charge on any atom is -0.650 e. The summed E-state index contributed by atoms with van der Waals surface area (Å²) in [6, 6.07) is -0.375. The molecule has 1 rings (SSSR count). The molecule has 0 radical (unpaired) electrons. The Morgan fingerprint density at radius 3 is 2.25 bits per heavy atom. The Morgan fingerprint density at radius 2 is 2.25 bits per heavy atom. The zero-order valence-corrected chi connectivity index (χ0v) is 7.14. The summed E-state index contributed by atoms with van der Waals surface area (Å²) in [7, 11) is 0. The Morgan fingerprint density at radius 1 is 1.75 bits per heavy atom. The average Bonchev–Trinajstić information content (AvgIpc) is 1.23. The maximum absolute atomic E-state index is 9.89. The first kappa shape index (κ1) is 8.12. The van der Waals surface area contributed by atoms with Crippen LogP contribution in [0.2, 0.25) is 0 Å². The van der Waals surface area contributed by atoms with Gasteiger partial charge < -0.3 is 10.4 Å². The number of carboxylic acid groups (broad SMARTS) is 1. The number of carbonyl (C=O) groups is 1. The van der Waals surface area contributed by atoms with Crippen molar-refractivity contribution in [3.63, 3.8) is 0 Å². The van der Waals surface area contributed by atoms with Crippen molar-refractivity contribution in [2.24, 2.45) is 0 Å². The van der Waals surface area contributed by atoms with Crippen LogP contribution in [0.25, 0.3) is 5.32 Å². The molecule has 1 unspecified atom stereocenters. The molecule has 1 saturated heterocycles. The van der Waals surface area contributed by atoms with E-state index in [1.807, 2.05) is 0 Å². The number of hydrogen-bond acceptors (Lipinski definition) is 1. The van der Waals surface area contributed by atoms with Crippen LogP contribution in [0.4, 0.5) is 0 Å². The zero-order valence-electron chi connectivity index (χ0n) is 4.20. The van der Waals surface area contributed by atoms with E-state index in [4.69, 9.17) is 5.11 Å². The van der Waals surface area contributed by atoms with Gasteiger partial charge in [-0.1, -0.05) is 6.42 Å². The van der Waals surface area contributed by atoms with Crippen molar-refractivity contribution in [1.29, 1.82) is 0 Å². The third-order valence-electron chi connectivity index (χ3n) is 1.04. The zero-order chi connectivity index (χ0) is 5.28. The van der Waals surface area contributed by atoms with Gasteiger partial charge in [0.15, 0.2) is 0 Å². The number of aliphatic carboxylic acids is 1. The van der Waals surface area contributed by atoms with Gasteiger partial charge in [0.25, 0.3) is 5.97 Å². The molecule has 0 aromatic heterocycles. The molecule has 8 heavy (non-hydrogen) atoms. The summed E-state index contributed by atoms with van der Waals surface area (Å²) in [6.07, 6.45) is 0.731. The second-order valence-electron chi connectivity index (χ2n) is 1.55.